The second kappa shape index (κ2) is 3.04. The minimum atomic E-state index is -2.72. The van der Waals surface area contributed by atoms with E-state index < -0.39 is 23.3 Å². The van der Waals surface area contributed by atoms with Crippen LogP contribution < -0.4 is 5.73 Å². The number of carbonyl (C=O) groups excluding carboxylic acids is 1. The molecule has 0 aromatic carbocycles. The second-order valence-electron chi connectivity index (χ2n) is 1.99. The number of carbonyl (C=O) groups is 3. The van der Waals surface area contributed by atoms with Crippen molar-refractivity contribution in [1.82, 2.24) is 0 Å². The number of nitrogens with two attached hydrogens (primary N) is 1. The van der Waals surface area contributed by atoms with E-state index in [2.05, 4.69) is 12.3 Å². The van der Waals surface area contributed by atoms with Gasteiger partial charge in [-0.25, -0.2) is 0 Å². The van der Waals surface area contributed by atoms with E-state index in [0.29, 0.717) is 6.08 Å². The maximum absolute atomic E-state index is 10.5. The summed E-state index contributed by atoms with van der Waals surface area (Å²) in [7, 11) is 0. The molecule has 6 heteroatoms. The summed E-state index contributed by atoms with van der Waals surface area (Å²) in [6.45, 7) is 2.93. The Labute approximate surface area is 67.3 Å². The average molecular weight is 173 g/mol. The Bertz CT molecular complexity index is 221. The van der Waals surface area contributed by atoms with Crippen molar-refractivity contribution in [3.63, 3.8) is 0 Å². The zero-order chi connectivity index (χ0) is 9.94. The van der Waals surface area contributed by atoms with Gasteiger partial charge in [0.15, 0.2) is 0 Å². The lowest BCUT2D eigenvalue weighted by Crippen LogP contribution is -2.48. The molecule has 0 aromatic rings. The van der Waals surface area contributed by atoms with E-state index in [1.54, 1.807) is 0 Å². The van der Waals surface area contributed by atoms with Crippen molar-refractivity contribution in [2.24, 2.45) is 11.1 Å². The molecule has 0 saturated carbocycles. The first kappa shape index (κ1) is 10.2. The third-order valence-corrected chi connectivity index (χ3v) is 1.37. The van der Waals surface area contributed by atoms with Crippen LogP contribution in [-0.4, -0.2) is 28.1 Å². The average Bonchev–Trinajstić information content (AvgIpc) is 1.86. The molecule has 0 spiro atoms. The summed E-state index contributed by atoms with van der Waals surface area (Å²) in [6, 6.07) is 0. The Balaban J connectivity index is 5.33. The van der Waals surface area contributed by atoms with Crippen molar-refractivity contribution >= 4 is 17.8 Å². The summed E-state index contributed by atoms with van der Waals surface area (Å²) >= 11 is 0. The molecule has 66 valence electrons. The highest BCUT2D eigenvalue weighted by molar-refractivity contribution is 6.20. The van der Waals surface area contributed by atoms with Crippen molar-refractivity contribution < 1.29 is 24.6 Å². The van der Waals surface area contributed by atoms with E-state index in [1.807, 2.05) is 0 Å². The predicted molar refractivity (Wildman–Crippen MR) is 37.1 cm³/mol. The van der Waals surface area contributed by atoms with E-state index >= 15 is 0 Å². The third-order valence-electron chi connectivity index (χ3n) is 1.37. The molecule has 0 aromatic heterocycles. The molecule has 0 aliphatic rings. The number of amides is 1. The molecule has 0 saturated heterocycles. The van der Waals surface area contributed by atoms with Crippen LogP contribution >= 0.6 is 0 Å². The van der Waals surface area contributed by atoms with Crippen molar-refractivity contribution in [2.75, 3.05) is 0 Å². The van der Waals surface area contributed by atoms with Gasteiger partial charge in [-0.15, -0.1) is 6.58 Å². The van der Waals surface area contributed by atoms with Gasteiger partial charge in [0.1, 0.15) is 0 Å². The third kappa shape index (κ3) is 1.14. The van der Waals surface area contributed by atoms with Crippen LogP contribution in [0.4, 0.5) is 0 Å². The quantitative estimate of drug-likeness (QED) is 0.365. The topological polar surface area (TPSA) is 118 Å². The number of hydrogen-bond donors (Lipinski definition) is 3. The normalized spacial score (nSPS) is 10.3. The van der Waals surface area contributed by atoms with Crippen LogP contribution in [0.2, 0.25) is 0 Å². The molecule has 0 atom stereocenters. The highest BCUT2D eigenvalue weighted by atomic mass is 16.4. The fraction of sp³-hybridized carbons (Fsp3) is 0.167. The Morgan fingerprint density at radius 3 is 1.58 bits per heavy atom. The van der Waals surface area contributed by atoms with Gasteiger partial charge in [0.2, 0.25) is 5.91 Å². The molecule has 0 heterocycles. The molecule has 0 bridgehead atoms. The Kier molecular flexibility index (Phi) is 2.57. The van der Waals surface area contributed by atoms with Crippen molar-refractivity contribution in [2.45, 2.75) is 0 Å². The minimum Gasteiger partial charge on any atom is -0.480 e. The van der Waals surface area contributed by atoms with Gasteiger partial charge in [0.05, 0.1) is 0 Å². The summed E-state index contributed by atoms with van der Waals surface area (Å²) in [5, 5.41) is 16.8. The summed E-state index contributed by atoms with van der Waals surface area (Å²) in [5.41, 5.74) is 1.89. The van der Waals surface area contributed by atoms with E-state index in [4.69, 9.17) is 10.2 Å². The van der Waals surface area contributed by atoms with Crippen LogP contribution in [0.5, 0.6) is 0 Å². The smallest absolute Gasteiger partial charge is 0.334 e. The number of primary amides is 1. The van der Waals surface area contributed by atoms with Crippen LogP contribution in [-0.2, 0) is 14.4 Å². The molecule has 0 fully saturated rings. The summed E-state index contributed by atoms with van der Waals surface area (Å²) in [5.74, 6) is -5.17. The first-order valence-electron chi connectivity index (χ1n) is 2.80. The van der Waals surface area contributed by atoms with E-state index in [0.717, 1.165) is 0 Å². The first-order valence-corrected chi connectivity index (χ1v) is 2.80. The predicted octanol–water partition coefficient (Wildman–Crippen LogP) is -1.19. The lowest BCUT2D eigenvalue weighted by molar-refractivity contribution is -0.163. The van der Waals surface area contributed by atoms with Crippen molar-refractivity contribution in [1.29, 1.82) is 0 Å². The van der Waals surface area contributed by atoms with E-state index in [9.17, 15) is 14.4 Å². The fourth-order valence-corrected chi connectivity index (χ4v) is 0.577. The van der Waals surface area contributed by atoms with Crippen LogP contribution in [0.15, 0.2) is 12.7 Å². The second-order valence-corrected chi connectivity index (χ2v) is 1.99. The number of rotatable bonds is 4. The van der Waals surface area contributed by atoms with Crippen LogP contribution in [0, 0.1) is 5.41 Å². The number of carboxylic acid groups (broad SMARTS) is 2. The van der Waals surface area contributed by atoms with Gasteiger partial charge in [-0.3, -0.25) is 14.4 Å². The van der Waals surface area contributed by atoms with Crippen molar-refractivity contribution in [3.05, 3.63) is 12.7 Å². The van der Waals surface area contributed by atoms with Gasteiger partial charge >= 0.3 is 11.9 Å². The van der Waals surface area contributed by atoms with Gasteiger partial charge in [-0.2, -0.15) is 0 Å². The minimum absolute atomic E-state index is 0.486. The van der Waals surface area contributed by atoms with Gasteiger partial charge in [0, 0.05) is 0 Å². The molecule has 0 aliphatic carbocycles. The molecular formula is C6H7NO5. The monoisotopic (exact) mass is 173 g/mol. The molecule has 1 amide bonds. The molecule has 0 aliphatic heterocycles. The standard InChI is InChI=1S/C6H7NO5/c1-2-6(3(7)8,4(9)10)5(11)12/h2H,1H2,(H2,7,8)(H,9,10)(H,11,12). The molecule has 4 N–H and O–H groups in total. The summed E-state index contributed by atoms with van der Waals surface area (Å²) in [6.07, 6.45) is 0.486. The van der Waals surface area contributed by atoms with E-state index in [-0.39, 0.29) is 0 Å². The number of carboxylic acids is 2. The number of aliphatic carboxylic acids is 2. The van der Waals surface area contributed by atoms with Gasteiger partial charge in [-0.1, -0.05) is 6.08 Å². The van der Waals surface area contributed by atoms with Crippen molar-refractivity contribution in [3.8, 4) is 0 Å². The molecule has 6 nitrogen and oxygen atoms in total. The van der Waals surface area contributed by atoms with Crippen LogP contribution in [0.1, 0.15) is 0 Å². The van der Waals surface area contributed by atoms with Gasteiger partial charge in [0.25, 0.3) is 5.41 Å². The molecule has 12 heavy (non-hydrogen) atoms. The number of hydrogen-bond acceptors (Lipinski definition) is 3. The van der Waals surface area contributed by atoms with Crippen LogP contribution in [0.3, 0.4) is 0 Å². The highest BCUT2D eigenvalue weighted by Crippen LogP contribution is 2.18. The fourth-order valence-electron chi connectivity index (χ4n) is 0.577. The molecule has 0 unspecified atom stereocenters. The maximum atomic E-state index is 10.5. The van der Waals surface area contributed by atoms with Gasteiger partial charge in [-0.05, 0) is 0 Å². The summed E-state index contributed by atoms with van der Waals surface area (Å²) in [4.78, 5) is 31.3. The Morgan fingerprint density at radius 2 is 1.58 bits per heavy atom. The largest absolute Gasteiger partial charge is 0.480 e. The zero-order valence-corrected chi connectivity index (χ0v) is 5.98. The Morgan fingerprint density at radius 1 is 1.25 bits per heavy atom. The Hall–Kier alpha value is -1.85. The van der Waals surface area contributed by atoms with E-state index in [1.165, 1.54) is 0 Å². The SMILES string of the molecule is C=CC(C(N)=O)(C(=O)O)C(=O)O. The maximum Gasteiger partial charge on any atom is 0.334 e. The first-order chi connectivity index (χ1) is 5.39. The summed E-state index contributed by atoms with van der Waals surface area (Å²) < 4.78 is 0. The zero-order valence-electron chi connectivity index (χ0n) is 5.98. The lowest BCUT2D eigenvalue weighted by atomic mass is 9.88. The van der Waals surface area contributed by atoms with Crippen LogP contribution in [0.25, 0.3) is 0 Å². The molecule has 0 rings (SSSR count). The van der Waals surface area contributed by atoms with Gasteiger partial charge < -0.3 is 15.9 Å². The highest BCUT2D eigenvalue weighted by Gasteiger charge is 2.50. The lowest BCUT2D eigenvalue weighted by Gasteiger charge is -2.15. The molecular weight excluding hydrogens is 166 g/mol. The molecule has 0 radical (unpaired) electrons.